The van der Waals surface area contributed by atoms with Gasteiger partial charge in [0.15, 0.2) is 17.5 Å². The topological polar surface area (TPSA) is 17.1 Å². The van der Waals surface area contributed by atoms with Crippen LogP contribution in [-0.2, 0) is 11.2 Å². The maximum absolute atomic E-state index is 13.3. The lowest BCUT2D eigenvalue weighted by atomic mass is 10.0. The summed E-state index contributed by atoms with van der Waals surface area (Å²) in [5.41, 5.74) is -0.00442. The van der Waals surface area contributed by atoms with Gasteiger partial charge in [-0.3, -0.25) is 4.79 Å². The Morgan fingerprint density at radius 2 is 1.94 bits per heavy atom. The molecule has 0 N–H and O–H groups in total. The Hall–Kier alpha value is -0.840. The fourth-order valence-electron chi connectivity index (χ4n) is 1.43. The zero-order chi connectivity index (χ0) is 13.0. The quantitative estimate of drug-likeness (QED) is 0.597. The van der Waals surface area contributed by atoms with Crippen LogP contribution >= 0.6 is 15.9 Å². The molecule has 5 heteroatoms. The van der Waals surface area contributed by atoms with Gasteiger partial charge in [-0.1, -0.05) is 28.9 Å². The molecule has 1 aromatic rings. The number of hydrogen-bond donors (Lipinski definition) is 0. The van der Waals surface area contributed by atoms with E-state index in [4.69, 9.17) is 0 Å². The first kappa shape index (κ1) is 14.2. The molecule has 0 aromatic heterocycles. The van der Waals surface area contributed by atoms with Gasteiger partial charge in [-0.15, -0.1) is 0 Å². The van der Waals surface area contributed by atoms with Gasteiger partial charge in [-0.05, 0) is 24.5 Å². The normalized spacial score (nSPS) is 12.5. The molecule has 0 heterocycles. The molecular weight excluding hydrogens is 297 g/mol. The van der Waals surface area contributed by atoms with Crippen molar-refractivity contribution in [3.8, 4) is 0 Å². The molecule has 0 saturated heterocycles. The van der Waals surface area contributed by atoms with Crippen molar-refractivity contribution in [1.29, 1.82) is 0 Å². The van der Waals surface area contributed by atoms with E-state index in [1.807, 2.05) is 6.92 Å². The van der Waals surface area contributed by atoms with E-state index in [0.29, 0.717) is 12.8 Å². The fourth-order valence-corrected chi connectivity index (χ4v) is 2.01. The third kappa shape index (κ3) is 3.56. The third-order valence-corrected chi connectivity index (χ3v) is 3.19. The highest BCUT2D eigenvalue weighted by Crippen LogP contribution is 2.20. The fraction of sp³-hybridized carbons (Fsp3) is 0.417. The minimum atomic E-state index is -1.50. The van der Waals surface area contributed by atoms with Gasteiger partial charge in [-0.2, -0.15) is 0 Å². The van der Waals surface area contributed by atoms with E-state index in [1.54, 1.807) is 0 Å². The average Bonchev–Trinajstić information content (AvgIpc) is 2.30. The van der Waals surface area contributed by atoms with E-state index in [9.17, 15) is 18.0 Å². The van der Waals surface area contributed by atoms with Crippen molar-refractivity contribution >= 4 is 21.7 Å². The molecule has 0 bridgehead atoms. The van der Waals surface area contributed by atoms with Crippen molar-refractivity contribution in [2.45, 2.75) is 31.0 Å². The number of alkyl halides is 1. The van der Waals surface area contributed by atoms with E-state index in [-0.39, 0.29) is 17.8 Å². The molecule has 1 aromatic carbocycles. The first-order valence-corrected chi connectivity index (χ1v) is 6.18. The summed E-state index contributed by atoms with van der Waals surface area (Å²) in [5, 5.41) is 0. The lowest BCUT2D eigenvalue weighted by Gasteiger charge is -2.09. The SMILES string of the molecule is CCCC(=O)C(Br)Cc1ccc(F)c(F)c1F. The third-order valence-electron chi connectivity index (χ3n) is 2.36. The molecule has 0 aliphatic carbocycles. The molecule has 17 heavy (non-hydrogen) atoms. The number of ketones is 1. The molecule has 1 nitrogen and oxygen atoms in total. The van der Waals surface area contributed by atoms with Crippen LogP contribution in [-0.4, -0.2) is 10.6 Å². The Morgan fingerprint density at radius 3 is 2.53 bits per heavy atom. The number of benzene rings is 1. The minimum absolute atomic E-state index is 0.00442. The van der Waals surface area contributed by atoms with E-state index in [2.05, 4.69) is 15.9 Å². The molecule has 0 saturated carbocycles. The Morgan fingerprint density at radius 1 is 1.29 bits per heavy atom. The smallest absolute Gasteiger partial charge is 0.194 e. The van der Waals surface area contributed by atoms with Gasteiger partial charge in [0.05, 0.1) is 4.83 Å². The molecule has 0 fully saturated rings. The molecule has 0 aliphatic heterocycles. The van der Waals surface area contributed by atoms with Crippen LogP contribution in [0.5, 0.6) is 0 Å². The molecule has 0 aliphatic rings. The van der Waals surface area contributed by atoms with Crippen LogP contribution in [0.25, 0.3) is 0 Å². The maximum Gasteiger partial charge on any atom is 0.194 e. The zero-order valence-electron chi connectivity index (χ0n) is 9.27. The predicted octanol–water partition coefficient (Wildman–Crippen LogP) is 3.78. The Balaban J connectivity index is 2.82. The number of halogens is 4. The number of carbonyl (C=O) groups is 1. The van der Waals surface area contributed by atoms with Crippen molar-refractivity contribution in [1.82, 2.24) is 0 Å². The predicted molar refractivity (Wildman–Crippen MR) is 62.7 cm³/mol. The standard InChI is InChI=1S/C12H12BrF3O/c1-2-3-10(17)8(13)6-7-4-5-9(14)12(16)11(7)15/h4-5,8H,2-3,6H2,1H3. The summed E-state index contributed by atoms with van der Waals surface area (Å²) in [6, 6.07) is 2.01. The summed E-state index contributed by atoms with van der Waals surface area (Å²) in [5.74, 6) is -4.02. The summed E-state index contributed by atoms with van der Waals surface area (Å²) in [6.07, 6.45) is 1.09. The monoisotopic (exact) mass is 308 g/mol. The van der Waals surface area contributed by atoms with Gasteiger partial charge in [0.2, 0.25) is 0 Å². The van der Waals surface area contributed by atoms with Gasteiger partial charge in [0, 0.05) is 6.42 Å². The summed E-state index contributed by atoms with van der Waals surface area (Å²) >= 11 is 3.13. The highest BCUT2D eigenvalue weighted by atomic mass is 79.9. The average molecular weight is 309 g/mol. The highest BCUT2D eigenvalue weighted by Gasteiger charge is 2.19. The van der Waals surface area contributed by atoms with Crippen LogP contribution in [0.2, 0.25) is 0 Å². The van der Waals surface area contributed by atoms with Crippen LogP contribution in [0.3, 0.4) is 0 Å². The molecule has 0 spiro atoms. The van der Waals surface area contributed by atoms with Crippen molar-refractivity contribution < 1.29 is 18.0 Å². The highest BCUT2D eigenvalue weighted by molar-refractivity contribution is 9.10. The lowest BCUT2D eigenvalue weighted by Crippen LogP contribution is -2.17. The molecule has 1 unspecified atom stereocenters. The Kier molecular flexibility index (Phi) is 5.18. The minimum Gasteiger partial charge on any atom is -0.298 e. The van der Waals surface area contributed by atoms with Crippen LogP contribution in [0.1, 0.15) is 25.3 Å². The Bertz CT molecular complexity index is 420. The van der Waals surface area contributed by atoms with Crippen molar-refractivity contribution in [3.05, 3.63) is 35.1 Å². The molecule has 1 atom stereocenters. The largest absolute Gasteiger partial charge is 0.298 e. The van der Waals surface area contributed by atoms with Crippen molar-refractivity contribution in [3.63, 3.8) is 0 Å². The first-order chi connectivity index (χ1) is 7.97. The number of rotatable bonds is 5. The van der Waals surface area contributed by atoms with Crippen molar-refractivity contribution in [2.75, 3.05) is 0 Å². The second-order valence-electron chi connectivity index (χ2n) is 3.72. The summed E-state index contributed by atoms with van der Waals surface area (Å²) < 4.78 is 38.9. The summed E-state index contributed by atoms with van der Waals surface area (Å²) in [4.78, 5) is 10.9. The molecule has 0 radical (unpaired) electrons. The molecule has 0 amide bonds. The summed E-state index contributed by atoms with van der Waals surface area (Å²) in [6.45, 7) is 1.86. The summed E-state index contributed by atoms with van der Waals surface area (Å²) in [7, 11) is 0. The van der Waals surface area contributed by atoms with Gasteiger partial charge in [0.25, 0.3) is 0 Å². The van der Waals surface area contributed by atoms with Crippen molar-refractivity contribution in [2.24, 2.45) is 0 Å². The van der Waals surface area contributed by atoms with Crippen LogP contribution in [0.4, 0.5) is 13.2 Å². The Labute approximate surface area is 106 Å². The van der Waals surface area contributed by atoms with Crippen LogP contribution in [0, 0.1) is 17.5 Å². The molecular formula is C12H12BrF3O. The van der Waals surface area contributed by atoms with Gasteiger partial charge >= 0.3 is 0 Å². The second kappa shape index (κ2) is 6.19. The molecule has 94 valence electrons. The van der Waals surface area contributed by atoms with Gasteiger partial charge < -0.3 is 0 Å². The number of Topliss-reactive ketones (excluding diaryl/α,β-unsaturated/α-hetero) is 1. The van der Waals surface area contributed by atoms with E-state index in [1.165, 1.54) is 0 Å². The second-order valence-corrected chi connectivity index (χ2v) is 4.83. The van der Waals surface area contributed by atoms with Gasteiger partial charge in [-0.25, -0.2) is 13.2 Å². The van der Waals surface area contributed by atoms with E-state index >= 15 is 0 Å². The number of carbonyl (C=O) groups excluding carboxylic acids is 1. The zero-order valence-corrected chi connectivity index (χ0v) is 10.9. The van der Waals surface area contributed by atoms with Crippen LogP contribution in [0.15, 0.2) is 12.1 Å². The van der Waals surface area contributed by atoms with E-state index < -0.39 is 22.3 Å². The molecule has 1 rings (SSSR count). The lowest BCUT2D eigenvalue weighted by molar-refractivity contribution is -0.118. The number of hydrogen-bond acceptors (Lipinski definition) is 1. The van der Waals surface area contributed by atoms with E-state index in [0.717, 1.165) is 12.1 Å². The maximum atomic E-state index is 13.3. The van der Waals surface area contributed by atoms with Gasteiger partial charge in [0.1, 0.15) is 5.78 Å². The first-order valence-electron chi connectivity index (χ1n) is 5.26. The van der Waals surface area contributed by atoms with Crippen LogP contribution < -0.4 is 0 Å².